The van der Waals surface area contributed by atoms with Crippen LogP contribution < -0.4 is 5.32 Å². The number of nitrogens with zero attached hydrogens (tertiary/aromatic N) is 3. The largest absolute Gasteiger partial charge is 0.411 e. The number of rotatable bonds is 7. The molecule has 1 amide bonds. The van der Waals surface area contributed by atoms with Gasteiger partial charge in [-0.15, -0.1) is 10.2 Å². The molecule has 1 fully saturated rings. The van der Waals surface area contributed by atoms with Gasteiger partial charge in [-0.3, -0.25) is 4.79 Å². The summed E-state index contributed by atoms with van der Waals surface area (Å²) in [4.78, 5) is 12.5. The van der Waals surface area contributed by atoms with E-state index in [0.29, 0.717) is 35.8 Å². The number of carbonyl (C=O) groups excluding carboxylic acids is 1. The van der Waals surface area contributed by atoms with Gasteiger partial charge in [-0.1, -0.05) is 36.4 Å². The lowest BCUT2D eigenvalue weighted by Crippen LogP contribution is -2.37. The first-order valence-electron chi connectivity index (χ1n) is 10.7. The molecule has 1 aromatic heterocycles. The van der Waals surface area contributed by atoms with Gasteiger partial charge in [0.2, 0.25) is 21.8 Å². The predicted octanol–water partition coefficient (Wildman–Crippen LogP) is 4.20. The molecule has 0 aliphatic carbocycles. The molecule has 0 unspecified atom stereocenters. The minimum atomic E-state index is -3.51. The summed E-state index contributed by atoms with van der Waals surface area (Å²) >= 11 is 1.14. The van der Waals surface area contributed by atoms with Gasteiger partial charge in [0.1, 0.15) is 0 Å². The second-order valence-electron chi connectivity index (χ2n) is 8.19. The Morgan fingerprint density at radius 2 is 1.76 bits per heavy atom. The van der Waals surface area contributed by atoms with Crippen LogP contribution in [-0.2, 0) is 14.8 Å². The van der Waals surface area contributed by atoms with Gasteiger partial charge in [0.15, 0.2) is 0 Å². The predicted molar refractivity (Wildman–Crippen MR) is 127 cm³/mol. The first-order valence-corrected chi connectivity index (χ1v) is 13.2. The number of sulfonamides is 1. The molecule has 1 aliphatic rings. The highest BCUT2D eigenvalue weighted by Crippen LogP contribution is 2.25. The zero-order chi connectivity index (χ0) is 23.4. The lowest BCUT2D eigenvalue weighted by Gasteiger charge is -2.29. The Labute approximate surface area is 197 Å². The van der Waals surface area contributed by atoms with Gasteiger partial charge in [0, 0.05) is 24.3 Å². The van der Waals surface area contributed by atoms with E-state index in [1.165, 1.54) is 16.4 Å². The van der Waals surface area contributed by atoms with Crippen LogP contribution in [0.1, 0.15) is 25.3 Å². The third kappa shape index (κ3) is 5.82. The molecule has 2 heterocycles. The van der Waals surface area contributed by atoms with E-state index in [-0.39, 0.29) is 16.6 Å². The Morgan fingerprint density at radius 1 is 1.09 bits per heavy atom. The number of hydrogen-bond acceptors (Lipinski definition) is 7. The van der Waals surface area contributed by atoms with Crippen LogP contribution in [-0.4, -0.2) is 47.7 Å². The highest BCUT2D eigenvalue weighted by atomic mass is 32.2. The van der Waals surface area contributed by atoms with Gasteiger partial charge in [0.05, 0.1) is 10.6 Å². The number of hydrogen-bond donors (Lipinski definition) is 1. The van der Waals surface area contributed by atoms with Crippen molar-refractivity contribution in [2.24, 2.45) is 5.92 Å². The fourth-order valence-corrected chi connectivity index (χ4v) is 5.52. The monoisotopic (exact) mass is 486 g/mol. The Balaban J connectivity index is 1.31. The van der Waals surface area contributed by atoms with Crippen LogP contribution in [0.3, 0.4) is 0 Å². The SMILES string of the molecule is Cc1ccc(-c2nnc(SCC(=O)Nc3ccc(S(=O)(=O)N4CCC(C)CC4)cc3)o2)cc1. The Morgan fingerprint density at radius 3 is 2.42 bits per heavy atom. The Bertz CT molecular complexity index is 1200. The maximum Gasteiger partial charge on any atom is 0.277 e. The second kappa shape index (κ2) is 10.1. The van der Waals surface area contributed by atoms with Crippen molar-refractivity contribution in [3.63, 3.8) is 0 Å². The second-order valence-corrected chi connectivity index (χ2v) is 11.1. The van der Waals surface area contributed by atoms with Gasteiger partial charge in [0.25, 0.3) is 5.22 Å². The highest BCUT2D eigenvalue weighted by molar-refractivity contribution is 7.99. The topological polar surface area (TPSA) is 105 Å². The molecule has 3 aromatic rings. The number of carbonyl (C=O) groups is 1. The van der Waals surface area contributed by atoms with E-state index in [9.17, 15) is 13.2 Å². The number of piperidine rings is 1. The van der Waals surface area contributed by atoms with E-state index in [2.05, 4.69) is 22.4 Å². The van der Waals surface area contributed by atoms with Crippen LogP contribution in [0, 0.1) is 12.8 Å². The van der Waals surface area contributed by atoms with Crippen LogP contribution >= 0.6 is 11.8 Å². The van der Waals surface area contributed by atoms with Crippen molar-refractivity contribution in [3.8, 4) is 11.5 Å². The van der Waals surface area contributed by atoms with Crippen molar-refractivity contribution in [1.29, 1.82) is 0 Å². The van der Waals surface area contributed by atoms with Gasteiger partial charge < -0.3 is 9.73 Å². The maximum atomic E-state index is 12.8. The quantitative estimate of drug-likeness (QED) is 0.499. The van der Waals surface area contributed by atoms with Crippen LogP contribution in [0.4, 0.5) is 5.69 Å². The molecule has 0 atom stereocenters. The number of benzene rings is 2. The molecule has 1 aliphatic heterocycles. The molecule has 33 heavy (non-hydrogen) atoms. The summed E-state index contributed by atoms with van der Waals surface area (Å²) < 4.78 is 32.8. The summed E-state index contributed by atoms with van der Waals surface area (Å²) in [6, 6.07) is 14.0. The minimum Gasteiger partial charge on any atom is -0.411 e. The standard InChI is InChI=1S/C23H26N4O4S2/c1-16-3-5-18(6-4-16)22-25-26-23(31-22)32-15-21(28)24-19-7-9-20(10-8-19)33(29,30)27-13-11-17(2)12-14-27/h3-10,17H,11-15H2,1-2H3,(H,24,28). The van der Waals surface area contributed by atoms with Crippen LogP contribution in [0.15, 0.2) is 63.1 Å². The minimum absolute atomic E-state index is 0.0849. The fourth-order valence-electron chi connectivity index (χ4n) is 3.49. The van der Waals surface area contributed by atoms with Crippen molar-refractivity contribution in [1.82, 2.24) is 14.5 Å². The van der Waals surface area contributed by atoms with E-state index < -0.39 is 10.0 Å². The number of aryl methyl sites for hydroxylation is 1. The van der Waals surface area contributed by atoms with E-state index in [1.54, 1.807) is 12.1 Å². The first kappa shape index (κ1) is 23.5. The molecule has 0 spiro atoms. The van der Waals surface area contributed by atoms with Gasteiger partial charge in [-0.05, 0) is 62.1 Å². The maximum absolute atomic E-state index is 12.8. The summed E-state index contributed by atoms with van der Waals surface area (Å²) in [5, 5.41) is 11.1. The summed E-state index contributed by atoms with van der Waals surface area (Å²) in [5.74, 6) is 0.781. The lowest BCUT2D eigenvalue weighted by atomic mass is 10.0. The highest BCUT2D eigenvalue weighted by Gasteiger charge is 2.27. The number of nitrogens with one attached hydrogen (secondary N) is 1. The van der Waals surface area contributed by atoms with Crippen LogP contribution in [0.25, 0.3) is 11.5 Å². The van der Waals surface area contributed by atoms with Crippen molar-refractivity contribution in [2.75, 3.05) is 24.2 Å². The molecular formula is C23H26N4O4S2. The van der Waals surface area contributed by atoms with Crippen molar-refractivity contribution < 1.29 is 17.6 Å². The average molecular weight is 487 g/mol. The van der Waals surface area contributed by atoms with E-state index in [4.69, 9.17) is 4.42 Å². The molecule has 8 nitrogen and oxygen atoms in total. The number of aromatic nitrogens is 2. The van der Waals surface area contributed by atoms with Crippen LogP contribution in [0.2, 0.25) is 0 Å². The third-order valence-corrected chi connectivity index (χ3v) is 8.28. The first-order chi connectivity index (χ1) is 15.8. The normalized spacial score (nSPS) is 15.5. The van der Waals surface area contributed by atoms with E-state index >= 15 is 0 Å². The molecular weight excluding hydrogens is 460 g/mol. The smallest absolute Gasteiger partial charge is 0.277 e. The molecule has 0 bridgehead atoms. The molecule has 2 aromatic carbocycles. The summed E-state index contributed by atoms with van der Waals surface area (Å²) in [5.41, 5.74) is 2.48. The number of thioether (sulfide) groups is 1. The van der Waals surface area contributed by atoms with Gasteiger partial charge in [-0.2, -0.15) is 4.31 Å². The average Bonchev–Trinajstić information content (AvgIpc) is 3.28. The number of amides is 1. The van der Waals surface area contributed by atoms with Crippen molar-refractivity contribution in [2.45, 2.75) is 36.8 Å². The van der Waals surface area contributed by atoms with Gasteiger partial charge >= 0.3 is 0 Å². The Kier molecular flexibility index (Phi) is 7.16. The summed E-state index contributed by atoms with van der Waals surface area (Å²) in [6.45, 7) is 5.22. The lowest BCUT2D eigenvalue weighted by molar-refractivity contribution is -0.113. The molecule has 0 radical (unpaired) electrons. The summed E-state index contributed by atoms with van der Waals surface area (Å²) in [7, 11) is -3.51. The molecule has 0 saturated carbocycles. The van der Waals surface area contributed by atoms with E-state index in [0.717, 1.165) is 35.7 Å². The molecule has 174 valence electrons. The molecule has 1 N–H and O–H groups in total. The number of anilines is 1. The van der Waals surface area contributed by atoms with Crippen LogP contribution in [0.5, 0.6) is 0 Å². The van der Waals surface area contributed by atoms with Gasteiger partial charge in [-0.25, -0.2) is 8.42 Å². The third-order valence-electron chi connectivity index (χ3n) is 5.55. The Hall–Kier alpha value is -2.69. The fraction of sp³-hybridized carbons (Fsp3) is 0.348. The molecule has 4 rings (SSSR count). The molecule has 10 heteroatoms. The zero-order valence-electron chi connectivity index (χ0n) is 18.5. The van der Waals surface area contributed by atoms with Crippen molar-refractivity contribution in [3.05, 3.63) is 54.1 Å². The summed E-state index contributed by atoms with van der Waals surface area (Å²) in [6.07, 6.45) is 1.75. The van der Waals surface area contributed by atoms with Crippen molar-refractivity contribution >= 4 is 33.4 Å². The van der Waals surface area contributed by atoms with E-state index in [1.807, 2.05) is 31.2 Å². The molecule has 1 saturated heterocycles. The zero-order valence-corrected chi connectivity index (χ0v) is 20.2.